The minimum atomic E-state index is -0.884. The Labute approximate surface area is 154 Å². The van der Waals surface area contributed by atoms with Gasteiger partial charge in [-0.2, -0.15) is 0 Å². The summed E-state index contributed by atoms with van der Waals surface area (Å²) < 4.78 is 5.26. The van der Waals surface area contributed by atoms with Crippen LogP contribution in [0.1, 0.15) is 33.3 Å². The van der Waals surface area contributed by atoms with E-state index in [4.69, 9.17) is 4.74 Å². The second-order valence-electron chi connectivity index (χ2n) is 5.72. The molecule has 0 aliphatic heterocycles. The van der Waals surface area contributed by atoms with Crippen LogP contribution in [0.5, 0.6) is 5.75 Å². The molecule has 3 rings (SSSR count). The van der Waals surface area contributed by atoms with Gasteiger partial charge in [0, 0.05) is 23.1 Å². The molecule has 0 bridgehead atoms. The molecule has 1 unspecified atom stereocenters. The molecule has 0 spiro atoms. The van der Waals surface area contributed by atoms with Gasteiger partial charge in [0.25, 0.3) is 0 Å². The fourth-order valence-corrected chi connectivity index (χ4v) is 3.63. The number of aliphatic carboxylic acids is 1. The molecule has 132 valence electrons. The summed E-state index contributed by atoms with van der Waals surface area (Å²) in [7, 11) is 1.57. The molecule has 1 N–H and O–H groups in total. The molecular formula is C20H17NO4S. The molecule has 0 aliphatic carbocycles. The van der Waals surface area contributed by atoms with Gasteiger partial charge in [-0.15, -0.1) is 11.3 Å². The van der Waals surface area contributed by atoms with Gasteiger partial charge < -0.3 is 9.84 Å². The summed E-state index contributed by atoms with van der Waals surface area (Å²) in [4.78, 5) is 27.0. The van der Waals surface area contributed by atoms with Crippen LogP contribution in [0.25, 0.3) is 11.1 Å². The molecule has 0 saturated carbocycles. The summed E-state index contributed by atoms with van der Waals surface area (Å²) in [6.45, 7) is 0. The van der Waals surface area contributed by atoms with Crippen LogP contribution in [-0.4, -0.2) is 29.5 Å². The highest BCUT2D eigenvalue weighted by Gasteiger charge is 2.21. The van der Waals surface area contributed by atoms with Crippen LogP contribution in [-0.2, 0) is 4.79 Å². The van der Waals surface area contributed by atoms with Crippen molar-refractivity contribution >= 4 is 23.6 Å². The van der Waals surface area contributed by atoms with Gasteiger partial charge in [-0.05, 0) is 34.9 Å². The Morgan fingerprint density at radius 3 is 2.81 bits per heavy atom. The number of methoxy groups -OCH3 is 1. The number of hydrogen-bond donors (Lipinski definition) is 1. The van der Waals surface area contributed by atoms with E-state index in [9.17, 15) is 14.7 Å². The van der Waals surface area contributed by atoms with Crippen molar-refractivity contribution in [1.82, 2.24) is 4.98 Å². The first-order valence-electron chi connectivity index (χ1n) is 7.97. The number of carbonyl (C=O) groups is 2. The molecule has 6 heteroatoms. The third-order valence-corrected chi connectivity index (χ3v) is 5.00. The maximum absolute atomic E-state index is 11.4. The van der Waals surface area contributed by atoms with Gasteiger partial charge in [0.15, 0.2) is 6.29 Å². The molecule has 26 heavy (non-hydrogen) atoms. The van der Waals surface area contributed by atoms with Crippen LogP contribution in [0.2, 0.25) is 0 Å². The van der Waals surface area contributed by atoms with Gasteiger partial charge in [-0.25, -0.2) is 4.98 Å². The molecule has 1 aromatic heterocycles. The minimum Gasteiger partial charge on any atom is -0.497 e. The number of nitrogens with zero attached hydrogens (tertiary/aromatic N) is 1. The highest BCUT2D eigenvalue weighted by molar-refractivity contribution is 7.09. The Balaban J connectivity index is 2.07. The predicted octanol–water partition coefficient (Wildman–Crippen LogP) is 4.24. The zero-order valence-corrected chi connectivity index (χ0v) is 14.9. The van der Waals surface area contributed by atoms with E-state index in [1.54, 1.807) is 31.5 Å². The van der Waals surface area contributed by atoms with Crippen molar-refractivity contribution in [2.45, 2.75) is 12.3 Å². The Hall–Kier alpha value is -2.99. The van der Waals surface area contributed by atoms with Crippen molar-refractivity contribution in [3.63, 3.8) is 0 Å². The van der Waals surface area contributed by atoms with Crippen molar-refractivity contribution in [1.29, 1.82) is 0 Å². The Kier molecular flexibility index (Phi) is 5.43. The minimum absolute atomic E-state index is 0.0460. The number of aldehydes is 1. The third-order valence-electron chi connectivity index (χ3n) is 4.12. The first-order valence-corrected chi connectivity index (χ1v) is 8.85. The number of rotatable bonds is 7. The zero-order valence-electron chi connectivity index (χ0n) is 14.1. The Morgan fingerprint density at radius 2 is 2.15 bits per heavy atom. The lowest BCUT2D eigenvalue weighted by Crippen LogP contribution is -2.08. The van der Waals surface area contributed by atoms with Crippen LogP contribution in [0.4, 0.5) is 0 Å². The van der Waals surface area contributed by atoms with Gasteiger partial charge in [-0.3, -0.25) is 9.59 Å². The van der Waals surface area contributed by atoms with Crippen LogP contribution < -0.4 is 4.74 Å². The SMILES string of the molecule is COc1ccc(C=O)c(-c2cccc(C(CC(=O)O)c3nccs3)c2)c1. The maximum Gasteiger partial charge on any atom is 0.304 e. The lowest BCUT2D eigenvalue weighted by Gasteiger charge is -2.15. The predicted molar refractivity (Wildman–Crippen MR) is 100 cm³/mol. The highest BCUT2D eigenvalue weighted by Crippen LogP contribution is 2.34. The number of carboxylic acids is 1. The molecule has 2 aromatic carbocycles. The van der Waals surface area contributed by atoms with Crippen LogP contribution >= 0.6 is 11.3 Å². The van der Waals surface area contributed by atoms with E-state index in [2.05, 4.69) is 4.98 Å². The molecule has 0 saturated heterocycles. The van der Waals surface area contributed by atoms with Gasteiger partial charge >= 0.3 is 5.97 Å². The molecule has 0 aliphatic rings. The number of hydrogen-bond acceptors (Lipinski definition) is 5. The quantitative estimate of drug-likeness (QED) is 0.632. The fraction of sp³-hybridized carbons (Fsp3) is 0.150. The number of thiazole rings is 1. The van der Waals surface area contributed by atoms with Crippen LogP contribution in [0.3, 0.4) is 0 Å². The van der Waals surface area contributed by atoms with Crippen molar-refractivity contribution in [3.05, 3.63) is 70.2 Å². The van der Waals surface area contributed by atoms with Crippen molar-refractivity contribution < 1.29 is 19.4 Å². The van der Waals surface area contributed by atoms with E-state index in [0.717, 1.165) is 28.0 Å². The molecule has 3 aromatic rings. The van der Waals surface area contributed by atoms with Gasteiger partial charge in [0.2, 0.25) is 0 Å². The second-order valence-corrected chi connectivity index (χ2v) is 6.64. The number of carboxylic acid groups (broad SMARTS) is 1. The molecule has 1 atom stereocenters. The lowest BCUT2D eigenvalue weighted by atomic mass is 9.91. The van der Waals surface area contributed by atoms with Gasteiger partial charge in [0.1, 0.15) is 10.8 Å². The summed E-state index contributed by atoms with van der Waals surface area (Å²) >= 11 is 1.43. The standard InChI is InChI=1S/C20H17NO4S/c1-25-16-6-5-15(12-22)17(10-16)13-3-2-4-14(9-13)18(11-19(23)24)20-21-7-8-26-20/h2-10,12,18H,11H2,1H3,(H,23,24). The first-order chi connectivity index (χ1) is 12.6. The molecule has 0 amide bonds. The molecule has 5 nitrogen and oxygen atoms in total. The summed E-state index contributed by atoms with van der Waals surface area (Å²) in [6, 6.07) is 12.8. The summed E-state index contributed by atoms with van der Waals surface area (Å²) in [5.41, 5.74) is 2.97. The zero-order chi connectivity index (χ0) is 18.5. The molecular weight excluding hydrogens is 350 g/mol. The number of ether oxygens (including phenoxy) is 1. The average molecular weight is 367 g/mol. The first kappa shape index (κ1) is 17.8. The van der Waals surface area contributed by atoms with Crippen LogP contribution in [0, 0.1) is 0 Å². The number of carbonyl (C=O) groups excluding carboxylic acids is 1. The monoisotopic (exact) mass is 367 g/mol. The van der Waals surface area contributed by atoms with E-state index in [1.165, 1.54) is 11.3 Å². The van der Waals surface area contributed by atoms with Gasteiger partial charge in [-0.1, -0.05) is 24.3 Å². The average Bonchev–Trinajstić information content (AvgIpc) is 3.20. The molecule has 1 heterocycles. The van der Waals surface area contributed by atoms with Crippen LogP contribution in [0.15, 0.2) is 54.0 Å². The van der Waals surface area contributed by atoms with E-state index in [-0.39, 0.29) is 12.3 Å². The van der Waals surface area contributed by atoms with E-state index >= 15 is 0 Å². The van der Waals surface area contributed by atoms with E-state index < -0.39 is 5.97 Å². The van der Waals surface area contributed by atoms with E-state index in [1.807, 2.05) is 29.6 Å². The third kappa shape index (κ3) is 3.81. The topological polar surface area (TPSA) is 76.5 Å². The highest BCUT2D eigenvalue weighted by atomic mass is 32.1. The molecule has 0 radical (unpaired) electrons. The normalized spacial score (nSPS) is 11.7. The number of benzene rings is 2. The number of aromatic nitrogens is 1. The maximum atomic E-state index is 11.4. The Bertz CT molecular complexity index is 921. The van der Waals surface area contributed by atoms with Crippen molar-refractivity contribution in [2.24, 2.45) is 0 Å². The summed E-state index contributed by atoms with van der Waals surface area (Å²) in [5.74, 6) is -0.568. The summed E-state index contributed by atoms with van der Waals surface area (Å²) in [6.07, 6.45) is 2.43. The second kappa shape index (κ2) is 7.93. The van der Waals surface area contributed by atoms with Crippen molar-refractivity contribution in [2.75, 3.05) is 7.11 Å². The Morgan fingerprint density at radius 1 is 1.31 bits per heavy atom. The lowest BCUT2D eigenvalue weighted by molar-refractivity contribution is -0.137. The van der Waals surface area contributed by atoms with E-state index in [0.29, 0.717) is 11.3 Å². The van der Waals surface area contributed by atoms with Crippen molar-refractivity contribution in [3.8, 4) is 16.9 Å². The molecule has 0 fully saturated rings. The summed E-state index contributed by atoms with van der Waals surface area (Å²) in [5, 5.41) is 11.9. The largest absolute Gasteiger partial charge is 0.497 e. The smallest absolute Gasteiger partial charge is 0.304 e. The van der Waals surface area contributed by atoms with Gasteiger partial charge in [0.05, 0.1) is 13.5 Å². The fourth-order valence-electron chi connectivity index (χ4n) is 2.87.